The maximum absolute atomic E-state index is 13.1. The Labute approximate surface area is 189 Å². The second-order valence-electron chi connectivity index (χ2n) is 7.94. The predicted molar refractivity (Wildman–Crippen MR) is 123 cm³/mol. The number of nitrogens with zero attached hydrogens (tertiary/aromatic N) is 3. The zero-order chi connectivity index (χ0) is 22.7. The van der Waals surface area contributed by atoms with Gasteiger partial charge in [0, 0.05) is 17.6 Å². The summed E-state index contributed by atoms with van der Waals surface area (Å²) in [6.07, 6.45) is 2.21. The van der Waals surface area contributed by atoms with Gasteiger partial charge in [0.1, 0.15) is 11.6 Å². The van der Waals surface area contributed by atoms with E-state index in [1.54, 1.807) is 24.3 Å². The lowest BCUT2D eigenvalue weighted by atomic mass is 10.1. The number of thioether (sulfide) groups is 1. The van der Waals surface area contributed by atoms with E-state index in [-0.39, 0.29) is 23.4 Å². The van der Waals surface area contributed by atoms with Crippen LogP contribution in [0.5, 0.6) is 0 Å². The lowest BCUT2D eigenvalue weighted by molar-refractivity contribution is -0.113. The van der Waals surface area contributed by atoms with Crippen LogP contribution in [-0.4, -0.2) is 32.3 Å². The third-order valence-electron chi connectivity index (χ3n) is 5.00. The van der Waals surface area contributed by atoms with Gasteiger partial charge in [-0.25, -0.2) is 4.39 Å². The molecule has 0 atom stereocenters. The smallest absolute Gasteiger partial charge is 0.257 e. The summed E-state index contributed by atoms with van der Waals surface area (Å²) in [6, 6.07) is 12.7. The van der Waals surface area contributed by atoms with Crippen molar-refractivity contribution in [2.75, 3.05) is 16.4 Å². The molecule has 1 saturated carbocycles. The third-order valence-corrected chi connectivity index (χ3v) is 5.94. The maximum Gasteiger partial charge on any atom is 0.257 e. The van der Waals surface area contributed by atoms with Crippen LogP contribution < -0.4 is 10.6 Å². The molecule has 0 saturated heterocycles. The minimum absolute atomic E-state index is 0.150. The number of aromatic nitrogens is 3. The number of halogens is 1. The molecule has 0 aliphatic heterocycles. The van der Waals surface area contributed by atoms with Crippen molar-refractivity contribution in [3.05, 3.63) is 65.7 Å². The fraction of sp³-hybridized carbons (Fsp3) is 0.304. The van der Waals surface area contributed by atoms with Crippen molar-refractivity contribution in [2.24, 2.45) is 0 Å². The van der Waals surface area contributed by atoms with Crippen LogP contribution in [0.2, 0.25) is 0 Å². The van der Waals surface area contributed by atoms with E-state index in [4.69, 9.17) is 0 Å². The van der Waals surface area contributed by atoms with Crippen LogP contribution in [0.1, 0.15) is 54.8 Å². The molecule has 1 aliphatic rings. The van der Waals surface area contributed by atoms with Gasteiger partial charge in [0.05, 0.1) is 17.0 Å². The summed E-state index contributed by atoms with van der Waals surface area (Å²) < 4.78 is 15.2. The van der Waals surface area contributed by atoms with Crippen LogP contribution in [0.25, 0.3) is 0 Å². The van der Waals surface area contributed by atoms with E-state index in [2.05, 4.69) is 39.2 Å². The van der Waals surface area contributed by atoms with Crippen LogP contribution >= 0.6 is 11.8 Å². The molecule has 0 bridgehead atoms. The highest BCUT2D eigenvalue weighted by Crippen LogP contribution is 2.40. The maximum atomic E-state index is 13.1. The topological polar surface area (TPSA) is 88.9 Å². The van der Waals surface area contributed by atoms with Crippen LogP contribution in [0.15, 0.2) is 53.7 Å². The number of para-hydroxylation sites is 1. The molecular weight excluding hydrogens is 429 g/mol. The van der Waals surface area contributed by atoms with Gasteiger partial charge in [-0.2, -0.15) is 0 Å². The molecular formula is C23H24FN5O2S. The summed E-state index contributed by atoms with van der Waals surface area (Å²) >= 11 is 1.34. The average Bonchev–Trinajstić information content (AvgIpc) is 3.52. The number of nitrogens with one attached hydrogen (secondary N) is 2. The lowest BCUT2D eigenvalue weighted by Crippen LogP contribution is -2.19. The summed E-state index contributed by atoms with van der Waals surface area (Å²) in [5.41, 5.74) is 1.19. The largest absolute Gasteiger partial charge is 0.325 e. The SMILES string of the molecule is CC(C)c1nnc(SCC(=O)Nc2ccccc2C(=O)Nc2ccc(F)cc2)n1C1CC1. The Hall–Kier alpha value is -3.20. The molecule has 0 spiro atoms. The van der Waals surface area contributed by atoms with Crippen molar-refractivity contribution in [2.45, 2.75) is 43.8 Å². The predicted octanol–water partition coefficient (Wildman–Crippen LogP) is 4.86. The fourth-order valence-electron chi connectivity index (χ4n) is 3.29. The first kappa shape index (κ1) is 22.0. The Morgan fingerprint density at radius 2 is 1.81 bits per heavy atom. The van der Waals surface area contributed by atoms with Gasteiger partial charge in [-0.1, -0.05) is 37.7 Å². The van der Waals surface area contributed by atoms with Gasteiger partial charge >= 0.3 is 0 Å². The Morgan fingerprint density at radius 3 is 2.50 bits per heavy atom. The monoisotopic (exact) mass is 453 g/mol. The van der Waals surface area contributed by atoms with Gasteiger partial charge in [-0.05, 0) is 49.2 Å². The molecule has 7 nitrogen and oxygen atoms in total. The average molecular weight is 454 g/mol. The highest BCUT2D eigenvalue weighted by atomic mass is 32.2. The highest BCUT2D eigenvalue weighted by molar-refractivity contribution is 7.99. The second-order valence-corrected chi connectivity index (χ2v) is 8.88. The van der Waals surface area contributed by atoms with E-state index in [1.165, 1.54) is 36.0 Å². The van der Waals surface area contributed by atoms with E-state index < -0.39 is 5.91 Å². The molecule has 32 heavy (non-hydrogen) atoms. The molecule has 2 N–H and O–H groups in total. The van der Waals surface area contributed by atoms with Gasteiger partial charge in [0.2, 0.25) is 5.91 Å². The zero-order valence-corrected chi connectivity index (χ0v) is 18.7. The molecule has 166 valence electrons. The quantitative estimate of drug-likeness (QED) is 0.476. The molecule has 1 heterocycles. The minimum Gasteiger partial charge on any atom is -0.325 e. The standard InChI is InChI=1S/C23H24FN5O2S/c1-14(2)21-27-28-23(29(21)17-11-12-17)32-13-20(30)26-19-6-4-3-5-18(19)22(31)25-16-9-7-15(24)8-10-16/h3-10,14,17H,11-13H2,1-2H3,(H,25,31)(H,26,30). The van der Waals surface area contributed by atoms with Crippen LogP contribution in [0, 0.1) is 5.82 Å². The Kier molecular flexibility index (Phi) is 6.55. The van der Waals surface area contributed by atoms with Crippen molar-refractivity contribution in [3.8, 4) is 0 Å². The minimum atomic E-state index is -0.393. The molecule has 3 aromatic rings. The molecule has 1 aliphatic carbocycles. The molecule has 1 aromatic heterocycles. The summed E-state index contributed by atoms with van der Waals surface area (Å²) in [7, 11) is 0. The van der Waals surface area contributed by atoms with Crippen LogP contribution in [0.3, 0.4) is 0 Å². The van der Waals surface area contributed by atoms with Crippen molar-refractivity contribution >= 4 is 35.0 Å². The number of amides is 2. The Morgan fingerprint density at radius 1 is 1.09 bits per heavy atom. The van der Waals surface area contributed by atoms with Crippen molar-refractivity contribution < 1.29 is 14.0 Å². The fourth-order valence-corrected chi connectivity index (χ4v) is 4.11. The van der Waals surface area contributed by atoms with Gasteiger partial charge in [-0.15, -0.1) is 10.2 Å². The number of hydrogen-bond donors (Lipinski definition) is 2. The highest BCUT2D eigenvalue weighted by Gasteiger charge is 2.30. The van der Waals surface area contributed by atoms with E-state index in [1.807, 2.05) is 0 Å². The van der Waals surface area contributed by atoms with Crippen molar-refractivity contribution in [1.29, 1.82) is 0 Å². The summed E-state index contributed by atoms with van der Waals surface area (Å²) in [5, 5.41) is 14.9. The number of carbonyl (C=O) groups excluding carboxylic acids is 2. The van der Waals surface area contributed by atoms with E-state index in [0.29, 0.717) is 23.0 Å². The normalized spacial score (nSPS) is 13.2. The second kappa shape index (κ2) is 9.52. The number of rotatable bonds is 8. The number of anilines is 2. The lowest BCUT2D eigenvalue weighted by Gasteiger charge is -2.12. The van der Waals surface area contributed by atoms with Gasteiger partial charge in [0.25, 0.3) is 5.91 Å². The molecule has 0 radical (unpaired) electrons. The zero-order valence-electron chi connectivity index (χ0n) is 17.8. The first-order chi connectivity index (χ1) is 15.4. The molecule has 2 amide bonds. The van der Waals surface area contributed by atoms with E-state index in [9.17, 15) is 14.0 Å². The van der Waals surface area contributed by atoms with E-state index >= 15 is 0 Å². The van der Waals surface area contributed by atoms with Gasteiger partial charge < -0.3 is 15.2 Å². The molecule has 1 fully saturated rings. The molecule has 2 aromatic carbocycles. The number of benzene rings is 2. The summed E-state index contributed by atoms with van der Waals surface area (Å²) in [6.45, 7) is 4.16. The molecule has 0 unspecified atom stereocenters. The molecule has 9 heteroatoms. The van der Waals surface area contributed by atoms with Gasteiger partial charge in [-0.3, -0.25) is 9.59 Å². The molecule has 4 rings (SSSR count). The van der Waals surface area contributed by atoms with Crippen LogP contribution in [-0.2, 0) is 4.79 Å². The third kappa shape index (κ3) is 5.16. The number of hydrogen-bond acceptors (Lipinski definition) is 5. The Bertz CT molecular complexity index is 1130. The number of carbonyl (C=O) groups is 2. The van der Waals surface area contributed by atoms with Crippen LogP contribution in [0.4, 0.5) is 15.8 Å². The summed E-state index contributed by atoms with van der Waals surface area (Å²) in [4.78, 5) is 25.3. The van der Waals surface area contributed by atoms with Gasteiger partial charge in [0.15, 0.2) is 5.16 Å². The first-order valence-electron chi connectivity index (χ1n) is 10.5. The Balaban J connectivity index is 1.41. The van der Waals surface area contributed by atoms with Crippen molar-refractivity contribution in [1.82, 2.24) is 14.8 Å². The summed E-state index contributed by atoms with van der Waals surface area (Å²) in [5.74, 6) is 0.336. The first-order valence-corrected chi connectivity index (χ1v) is 11.4. The van der Waals surface area contributed by atoms with E-state index in [0.717, 1.165) is 23.8 Å². The van der Waals surface area contributed by atoms with Crippen molar-refractivity contribution in [3.63, 3.8) is 0 Å².